The van der Waals surface area contributed by atoms with Crippen molar-refractivity contribution in [1.29, 1.82) is 0 Å². The molecule has 0 aliphatic carbocycles. The van der Waals surface area contributed by atoms with Crippen LogP contribution in [0.1, 0.15) is 37.4 Å². The lowest BCUT2D eigenvalue weighted by Crippen LogP contribution is -2.42. The van der Waals surface area contributed by atoms with Crippen molar-refractivity contribution < 1.29 is 36.9 Å². The number of halogens is 1. The van der Waals surface area contributed by atoms with E-state index in [4.69, 9.17) is 14.2 Å². The van der Waals surface area contributed by atoms with Crippen LogP contribution in [-0.2, 0) is 21.1 Å². The molecule has 2 aliphatic rings. The Morgan fingerprint density at radius 2 is 1.89 bits per heavy atom. The second-order valence-electron chi connectivity index (χ2n) is 11.5. The number of nitrogens with one attached hydrogen (secondary N) is 1. The van der Waals surface area contributed by atoms with E-state index in [1.54, 1.807) is 30.3 Å². The minimum Gasteiger partial charge on any atom is -0.506 e. The number of para-hydroxylation sites is 1. The van der Waals surface area contributed by atoms with Crippen molar-refractivity contribution in [2.24, 2.45) is 5.41 Å². The lowest BCUT2D eigenvalue weighted by Gasteiger charge is -2.37. The molecule has 3 aromatic rings. The molecule has 5 rings (SSSR count). The van der Waals surface area contributed by atoms with Crippen molar-refractivity contribution in [3.63, 3.8) is 0 Å². The molecule has 9 nitrogen and oxygen atoms in total. The van der Waals surface area contributed by atoms with Crippen molar-refractivity contribution >= 4 is 27.1 Å². The van der Waals surface area contributed by atoms with Gasteiger partial charge in [-0.2, -0.15) is 0 Å². The number of hydrogen-bond acceptors (Lipinski definition) is 8. The summed E-state index contributed by atoms with van der Waals surface area (Å²) in [5.74, 6) is -0.601. The molecule has 2 N–H and O–H groups in total. The van der Waals surface area contributed by atoms with E-state index < -0.39 is 33.0 Å². The molecule has 0 aromatic heterocycles. The van der Waals surface area contributed by atoms with Gasteiger partial charge in [-0.05, 0) is 54.3 Å². The van der Waals surface area contributed by atoms with Crippen LogP contribution in [0.2, 0.25) is 0 Å². The summed E-state index contributed by atoms with van der Waals surface area (Å²) >= 11 is 0. The summed E-state index contributed by atoms with van der Waals surface area (Å²) in [6.07, 6.45) is 1.55. The van der Waals surface area contributed by atoms with Gasteiger partial charge in [0.1, 0.15) is 47.2 Å². The van der Waals surface area contributed by atoms with Crippen LogP contribution in [0.15, 0.2) is 77.9 Å². The summed E-state index contributed by atoms with van der Waals surface area (Å²) in [6.45, 7) is 7.40. The summed E-state index contributed by atoms with van der Waals surface area (Å²) in [7, 11) is -1.09. The van der Waals surface area contributed by atoms with E-state index in [9.17, 15) is 18.3 Å². The van der Waals surface area contributed by atoms with E-state index in [0.29, 0.717) is 17.1 Å². The number of sulfone groups is 1. The summed E-state index contributed by atoms with van der Waals surface area (Å²) in [5, 5.41) is 14.1. The van der Waals surface area contributed by atoms with Gasteiger partial charge in [-0.1, -0.05) is 32.6 Å². The quantitative estimate of drug-likeness (QED) is 0.235. The van der Waals surface area contributed by atoms with Crippen LogP contribution in [0.4, 0.5) is 15.8 Å². The highest BCUT2D eigenvalue weighted by molar-refractivity contribution is 7.95. The highest BCUT2D eigenvalue weighted by atomic mass is 32.2. The summed E-state index contributed by atoms with van der Waals surface area (Å²) in [4.78, 5) is 15.6. The Balaban J connectivity index is 1.78. The molecule has 2 aliphatic heterocycles. The fourth-order valence-electron chi connectivity index (χ4n) is 5.90. The molecule has 0 saturated carbocycles. The molecule has 3 aromatic carbocycles. The number of ether oxygens (including phenoxy) is 3. The van der Waals surface area contributed by atoms with Crippen LogP contribution < -0.4 is 24.4 Å². The predicted molar refractivity (Wildman–Crippen MR) is 167 cm³/mol. The second kappa shape index (κ2) is 11.9. The van der Waals surface area contributed by atoms with Crippen LogP contribution in [0.3, 0.4) is 0 Å². The second-order valence-corrected chi connectivity index (χ2v) is 13.5. The zero-order valence-corrected chi connectivity index (χ0v) is 25.8. The monoisotopic (exact) mass is 622 g/mol. The first-order valence-electron chi connectivity index (χ1n) is 14.0. The maximum absolute atomic E-state index is 16.1. The number of rotatable bonds is 8. The predicted octanol–water partition coefficient (Wildman–Crippen LogP) is 5.91. The topological polar surface area (TPSA) is 114 Å². The minimum atomic E-state index is -4.06. The molecule has 1 amide bonds. The molecular weight excluding hydrogens is 587 g/mol. The number of aromatic hydroxyl groups is 1. The molecule has 1 atom stereocenters. The first-order chi connectivity index (χ1) is 20.9. The Morgan fingerprint density at radius 1 is 1.14 bits per heavy atom. The Hall–Kier alpha value is -4.51. The minimum absolute atomic E-state index is 0.0457. The number of phenols is 1. The molecule has 0 saturated heterocycles. The van der Waals surface area contributed by atoms with Crippen LogP contribution >= 0.6 is 0 Å². The fraction of sp³-hybridized carbons (Fsp3) is 0.303. The van der Waals surface area contributed by atoms with Crippen LogP contribution in [-0.4, -0.2) is 46.0 Å². The molecule has 1 unspecified atom stereocenters. The first-order valence-corrected chi connectivity index (χ1v) is 15.6. The Morgan fingerprint density at radius 3 is 2.57 bits per heavy atom. The number of carbonyl (C=O) groups is 1. The standard InChI is InChI=1S/C33H35FN2O7S/c1-6-14-43-22-10-12-23(24(34)17-22)31-32-25(18-33(2,3)19-44(32,39)40)35-30-26(8-7-9-27(30)37)36(31)29(38)16-20-15-21(41-4)11-13-28(20)42-5/h6-13,15,17,31,35,37H,1,14,16,18-19H2,2-5H3. The zero-order valence-electron chi connectivity index (χ0n) is 25.0. The van der Waals surface area contributed by atoms with Gasteiger partial charge in [0.25, 0.3) is 0 Å². The van der Waals surface area contributed by atoms with Crippen LogP contribution in [0.25, 0.3) is 0 Å². The van der Waals surface area contributed by atoms with E-state index in [2.05, 4.69) is 11.9 Å². The molecule has 0 spiro atoms. The molecule has 44 heavy (non-hydrogen) atoms. The molecule has 0 radical (unpaired) electrons. The van der Waals surface area contributed by atoms with Crippen molar-refractivity contribution in [3.05, 3.63) is 94.8 Å². The maximum atomic E-state index is 16.1. The van der Waals surface area contributed by atoms with E-state index in [1.165, 1.54) is 43.4 Å². The summed E-state index contributed by atoms with van der Waals surface area (Å²) in [6, 6.07) is 12.3. The number of amides is 1. The Bertz CT molecular complexity index is 1770. The van der Waals surface area contributed by atoms with Gasteiger partial charge in [0.2, 0.25) is 5.91 Å². The normalized spacial score (nSPS) is 18.3. The van der Waals surface area contributed by atoms with Gasteiger partial charge in [-0.25, -0.2) is 12.8 Å². The lowest BCUT2D eigenvalue weighted by molar-refractivity contribution is -0.118. The molecule has 11 heteroatoms. The van der Waals surface area contributed by atoms with Gasteiger partial charge >= 0.3 is 0 Å². The van der Waals surface area contributed by atoms with Crippen molar-refractivity contribution in [2.45, 2.75) is 32.7 Å². The van der Waals surface area contributed by atoms with E-state index in [1.807, 2.05) is 13.8 Å². The Kier molecular flexibility index (Phi) is 8.35. The molecule has 232 valence electrons. The molecule has 0 fully saturated rings. The molecular formula is C33H35FN2O7S. The third-order valence-electron chi connectivity index (χ3n) is 7.66. The van der Waals surface area contributed by atoms with Gasteiger partial charge < -0.3 is 24.6 Å². The summed E-state index contributed by atoms with van der Waals surface area (Å²) in [5.41, 5.74) is 0.382. The van der Waals surface area contributed by atoms with E-state index in [-0.39, 0.29) is 64.2 Å². The number of hydrogen-bond donors (Lipinski definition) is 2. The number of allylic oxidation sites excluding steroid dienone is 1. The Labute approximate surface area is 256 Å². The zero-order chi connectivity index (χ0) is 31.8. The van der Waals surface area contributed by atoms with E-state index in [0.717, 1.165) is 6.07 Å². The third kappa shape index (κ3) is 5.84. The van der Waals surface area contributed by atoms with Crippen molar-refractivity contribution in [1.82, 2.24) is 0 Å². The number of nitrogens with zero attached hydrogens (tertiary/aromatic N) is 1. The van der Waals surface area contributed by atoms with E-state index >= 15 is 4.39 Å². The number of anilines is 2. The van der Waals surface area contributed by atoms with Crippen molar-refractivity contribution in [3.8, 4) is 23.0 Å². The van der Waals surface area contributed by atoms with Crippen molar-refractivity contribution in [2.75, 3.05) is 36.8 Å². The average Bonchev–Trinajstić information content (AvgIpc) is 3.10. The number of benzene rings is 3. The summed E-state index contributed by atoms with van der Waals surface area (Å²) < 4.78 is 60.8. The molecule has 0 bridgehead atoms. The number of phenolic OH excluding ortho intramolecular Hbond substituents is 1. The van der Waals surface area contributed by atoms with Crippen LogP contribution in [0.5, 0.6) is 23.0 Å². The van der Waals surface area contributed by atoms with Gasteiger partial charge in [-0.15, -0.1) is 0 Å². The highest BCUT2D eigenvalue weighted by Crippen LogP contribution is 2.52. The maximum Gasteiger partial charge on any atom is 0.232 e. The number of carbonyl (C=O) groups excluding carboxylic acids is 1. The third-order valence-corrected chi connectivity index (χ3v) is 9.96. The van der Waals surface area contributed by atoms with Gasteiger partial charge in [0.15, 0.2) is 9.84 Å². The smallest absolute Gasteiger partial charge is 0.232 e. The number of methoxy groups -OCH3 is 2. The van der Waals surface area contributed by atoms with Gasteiger partial charge in [0, 0.05) is 22.9 Å². The fourth-order valence-corrected chi connectivity index (χ4v) is 8.26. The first kappa shape index (κ1) is 30.9. The average molecular weight is 623 g/mol. The SMILES string of the molecule is C=CCOc1ccc(C2C3=C(CC(C)(C)CS3(=O)=O)Nc3c(O)cccc3N2C(=O)Cc2cc(OC)ccc2OC)c(F)c1. The van der Waals surface area contributed by atoms with Gasteiger partial charge in [-0.3, -0.25) is 9.69 Å². The van der Waals surface area contributed by atoms with Crippen LogP contribution in [0, 0.1) is 11.2 Å². The molecule has 2 heterocycles. The van der Waals surface area contributed by atoms with Gasteiger partial charge in [0.05, 0.1) is 37.0 Å². The number of fused-ring (bicyclic) bond motifs is 1. The highest BCUT2D eigenvalue weighted by Gasteiger charge is 2.47. The largest absolute Gasteiger partial charge is 0.506 e. The lowest BCUT2D eigenvalue weighted by atomic mass is 9.88.